The van der Waals surface area contributed by atoms with Crippen LogP contribution in [0.25, 0.3) is 0 Å². The van der Waals surface area contributed by atoms with E-state index >= 15 is 0 Å². The SMILES string of the molecule is COC(=O)[C@H](Cc1ccccc1)N(NC(=O)c1c(Cl)cccc1Cl)C(=O)[C@@H]1N(C(C)=O)C(C)(C)SC1(C)C. The van der Waals surface area contributed by atoms with E-state index in [9.17, 15) is 19.2 Å². The van der Waals surface area contributed by atoms with Crippen molar-refractivity contribution < 1.29 is 23.9 Å². The molecule has 2 aromatic carbocycles. The minimum Gasteiger partial charge on any atom is -0.467 e. The Labute approximate surface area is 236 Å². The molecule has 0 saturated carbocycles. The van der Waals surface area contributed by atoms with Gasteiger partial charge in [-0.2, -0.15) is 0 Å². The van der Waals surface area contributed by atoms with Gasteiger partial charge in [0.1, 0.15) is 6.04 Å². The Hall–Kier alpha value is -2.75. The number of benzene rings is 2. The molecule has 1 fully saturated rings. The predicted octanol–water partition coefficient (Wildman–Crippen LogP) is 4.73. The van der Waals surface area contributed by atoms with Crippen molar-refractivity contribution in [1.29, 1.82) is 0 Å². The fourth-order valence-corrected chi connectivity index (χ4v) is 7.40. The molecule has 38 heavy (non-hydrogen) atoms. The number of nitrogens with one attached hydrogen (secondary N) is 1. The summed E-state index contributed by atoms with van der Waals surface area (Å²) in [6, 6.07) is 11.3. The molecule has 0 radical (unpaired) electrons. The minimum atomic E-state index is -1.25. The number of halogens is 2. The maximum Gasteiger partial charge on any atom is 0.331 e. The van der Waals surface area contributed by atoms with Crippen LogP contribution in [0.2, 0.25) is 10.0 Å². The molecular weight excluding hydrogens is 549 g/mol. The fourth-order valence-electron chi connectivity index (χ4n) is 4.89. The number of hydrogen-bond donors (Lipinski definition) is 1. The summed E-state index contributed by atoms with van der Waals surface area (Å²) >= 11 is 14.0. The van der Waals surface area contributed by atoms with Gasteiger partial charge in [-0.05, 0) is 45.4 Å². The minimum absolute atomic E-state index is 0.0412. The predicted molar refractivity (Wildman–Crippen MR) is 149 cm³/mol. The van der Waals surface area contributed by atoms with E-state index in [2.05, 4.69) is 5.43 Å². The molecule has 0 spiro atoms. The van der Waals surface area contributed by atoms with Gasteiger partial charge in [-0.1, -0.05) is 59.6 Å². The van der Waals surface area contributed by atoms with Crippen LogP contribution in [0.3, 0.4) is 0 Å². The largest absolute Gasteiger partial charge is 0.467 e. The molecule has 3 amide bonds. The highest BCUT2D eigenvalue weighted by Gasteiger charge is 2.58. The van der Waals surface area contributed by atoms with E-state index < -0.39 is 39.5 Å². The van der Waals surface area contributed by atoms with E-state index in [4.69, 9.17) is 27.9 Å². The average Bonchev–Trinajstić information content (AvgIpc) is 3.04. The number of thioether (sulfide) groups is 1. The summed E-state index contributed by atoms with van der Waals surface area (Å²) in [7, 11) is 1.20. The van der Waals surface area contributed by atoms with Crippen LogP contribution in [0.1, 0.15) is 50.5 Å². The van der Waals surface area contributed by atoms with Gasteiger partial charge in [-0.3, -0.25) is 19.8 Å². The van der Waals surface area contributed by atoms with Crippen LogP contribution in [0.5, 0.6) is 0 Å². The number of methoxy groups -OCH3 is 1. The Morgan fingerprint density at radius 3 is 2.13 bits per heavy atom. The summed E-state index contributed by atoms with van der Waals surface area (Å²) in [5.74, 6) is -2.49. The van der Waals surface area contributed by atoms with Gasteiger partial charge in [-0.15, -0.1) is 11.8 Å². The van der Waals surface area contributed by atoms with Crippen LogP contribution in [0.15, 0.2) is 48.5 Å². The second-order valence-corrected chi connectivity index (χ2v) is 13.0. The summed E-state index contributed by atoms with van der Waals surface area (Å²) in [5, 5.41) is 1.11. The van der Waals surface area contributed by atoms with Crippen molar-refractivity contribution in [3.05, 3.63) is 69.7 Å². The number of carbonyl (C=O) groups is 4. The number of carbonyl (C=O) groups excluding carboxylic acids is 4. The lowest BCUT2D eigenvalue weighted by molar-refractivity contribution is -0.159. The normalized spacial score (nSPS) is 18.4. The van der Waals surface area contributed by atoms with Gasteiger partial charge in [0, 0.05) is 18.1 Å². The van der Waals surface area contributed by atoms with Crippen molar-refractivity contribution in [2.45, 2.75) is 62.7 Å². The molecule has 1 aliphatic rings. The maximum absolute atomic E-state index is 14.4. The highest BCUT2D eigenvalue weighted by atomic mass is 35.5. The van der Waals surface area contributed by atoms with Crippen molar-refractivity contribution >= 4 is 58.7 Å². The van der Waals surface area contributed by atoms with Gasteiger partial charge >= 0.3 is 5.97 Å². The molecule has 0 unspecified atom stereocenters. The van der Waals surface area contributed by atoms with Gasteiger partial charge in [0.15, 0.2) is 6.04 Å². The molecule has 1 N–H and O–H groups in total. The zero-order chi connectivity index (χ0) is 28.4. The van der Waals surface area contributed by atoms with Crippen LogP contribution in [0.4, 0.5) is 0 Å². The summed E-state index contributed by atoms with van der Waals surface area (Å²) < 4.78 is 4.30. The number of esters is 1. The molecule has 2 atom stereocenters. The van der Waals surface area contributed by atoms with Crippen molar-refractivity contribution in [3.8, 4) is 0 Å². The number of amides is 3. The zero-order valence-electron chi connectivity index (χ0n) is 22.1. The monoisotopic (exact) mass is 579 g/mol. The lowest BCUT2D eigenvalue weighted by atomic mass is 9.97. The fraction of sp³-hybridized carbons (Fsp3) is 0.407. The highest BCUT2D eigenvalue weighted by Crippen LogP contribution is 2.51. The van der Waals surface area contributed by atoms with Gasteiger partial charge in [-0.25, -0.2) is 9.80 Å². The molecule has 0 aromatic heterocycles. The number of hydrazine groups is 1. The number of hydrogen-bond acceptors (Lipinski definition) is 6. The molecule has 1 heterocycles. The maximum atomic E-state index is 14.4. The van der Waals surface area contributed by atoms with E-state index in [-0.39, 0.29) is 27.9 Å². The Morgan fingerprint density at radius 2 is 1.61 bits per heavy atom. The van der Waals surface area contributed by atoms with Crippen molar-refractivity contribution in [2.75, 3.05) is 7.11 Å². The van der Waals surface area contributed by atoms with E-state index in [1.807, 2.05) is 33.8 Å². The Balaban J connectivity index is 2.14. The number of nitrogens with zero attached hydrogens (tertiary/aromatic N) is 2. The smallest absolute Gasteiger partial charge is 0.331 e. The van der Waals surface area contributed by atoms with Crippen LogP contribution < -0.4 is 5.43 Å². The number of rotatable bonds is 6. The van der Waals surface area contributed by atoms with E-state index in [1.54, 1.807) is 30.3 Å². The first-order valence-electron chi connectivity index (χ1n) is 11.9. The zero-order valence-corrected chi connectivity index (χ0v) is 24.4. The lowest BCUT2D eigenvalue weighted by Gasteiger charge is -2.39. The second kappa shape index (κ2) is 11.6. The highest BCUT2D eigenvalue weighted by molar-refractivity contribution is 8.02. The Morgan fingerprint density at radius 1 is 1.03 bits per heavy atom. The van der Waals surface area contributed by atoms with E-state index in [0.29, 0.717) is 0 Å². The van der Waals surface area contributed by atoms with Crippen molar-refractivity contribution in [1.82, 2.24) is 15.3 Å². The first kappa shape index (κ1) is 29.8. The van der Waals surface area contributed by atoms with Gasteiger partial charge in [0.25, 0.3) is 11.8 Å². The van der Waals surface area contributed by atoms with E-state index in [1.165, 1.54) is 42.8 Å². The third kappa shape index (κ3) is 6.11. The van der Waals surface area contributed by atoms with Gasteiger partial charge < -0.3 is 9.64 Å². The Kier molecular flexibility index (Phi) is 9.06. The molecule has 8 nitrogen and oxygen atoms in total. The Bertz CT molecular complexity index is 1220. The summed E-state index contributed by atoms with van der Waals surface area (Å²) in [4.78, 5) is 54.5. The molecule has 11 heteroatoms. The third-order valence-electron chi connectivity index (χ3n) is 6.29. The molecule has 0 aliphatic carbocycles. The van der Waals surface area contributed by atoms with Crippen LogP contribution >= 0.6 is 35.0 Å². The standard InChI is InChI=1S/C27H31Cl2N3O5S/c1-16(33)31-22(26(2,3)38-27(31,4)5)24(35)32(30-23(34)21-18(28)13-10-14-19(21)29)20(25(36)37-6)15-17-11-8-7-9-12-17/h7-14,20,22H,15H2,1-6H3,(H,30,34)/t20-,22-/m0/s1. The molecule has 1 aliphatic heterocycles. The molecule has 0 bridgehead atoms. The summed E-state index contributed by atoms with van der Waals surface area (Å²) in [5.41, 5.74) is 3.26. The second-order valence-electron chi connectivity index (χ2n) is 9.92. The van der Waals surface area contributed by atoms with Crippen LogP contribution in [-0.2, 0) is 25.5 Å². The van der Waals surface area contributed by atoms with Crippen molar-refractivity contribution in [3.63, 3.8) is 0 Å². The molecule has 204 valence electrons. The van der Waals surface area contributed by atoms with Gasteiger partial charge in [0.05, 0.1) is 27.6 Å². The van der Waals surface area contributed by atoms with E-state index in [0.717, 1.165) is 10.6 Å². The molecular formula is C27H31Cl2N3O5S. The summed E-state index contributed by atoms with van der Waals surface area (Å²) in [6.07, 6.45) is 0.0412. The average molecular weight is 581 g/mol. The molecule has 3 rings (SSSR count). The number of ether oxygens (including phenoxy) is 1. The third-order valence-corrected chi connectivity index (χ3v) is 8.36. The quantitative estimate of drug-likeness (QED) is 0.392. The van der Waals surface area contributed by atoms with Gasteiger partial charge in [0.2, 0.25) is 5.91 Å². The van der Waals surface area contributed by atoms with Crippen LogP contribution in [0, 0.1) is 0 Å². The lowest BCUT2D eigenvalue weighted by Crippen LogP contribution is -2.64. The first-order valence-corrected chi connectivity index (χ1v) is 13.5. The summed E-state index contributed by atoms with van der Waals surface area (Å²) in [6.45, 7) is 8.78. The van der Waals surface area contributed by atoms with Crippen molar-refractivity contribution in [2.24, 2.45) is 0 Å². The topological polar surface area (TPSA) is 96.0 Å². The first-order chi connectivity index (χ1) is 17.7. The molecule has 2 aromatic rings. The molecule has 1 saturated heterocycles. The van der Waals surface area contributed by atoms with Crippen LogP contribution in [-0.4, -0.2) is 62.4 Å².